The predicted molar refractivity (Wildman–Crippen MR) is 157 cm³/mol. The number of thiocarbonyl (C=S) groups is 1. The Morgan fingerprint density at radius 1 is 1.05 bits per heavy atom. The number of carbonyl (C=O) groups is 1. The van der Waals surface area contributed by atoms with Crippen molar-refractivity contribution in [1.29, 1.82) is 0 Å². The maximum absolute atomic E-state index is 12.2. The van der Waals surface area contributed by atoms with Gasteiger partial charge >= 0.3 is 0 Å². The number of pyridine rings is 1. The molecule has 6 nitrogen and oxygen atoms in total. The summed E-state index contributed by atoms with van der Waals surface area (Å²) in [6, 6.07) is 19.6. The highest BCUT2D eigenvalue weighted by Crippen LogP contribution is 2.45. The van der Waals surface area contributed by atoms with Gasteiger partial charge in [0.25, 0.3) is 0 Å². The number of rotatable bonds is 6. The molecule has 1 aliphatic rings. The summed E-state index contributed by atoms with van der Waals surface area (Å²) in [6.45, 7) is 3.64. The van der Waals surface area contributed by atoms with Crippen molar-refractivity contribution in [2.75, 3.05) is 10.2 Å². The van der Waals surface area contributed by atoms with Crippen LogP contribution in [0, 0.1) is 5.92 Å². The summed E-state index contributed by atoms with van der Waals surface area (Å²) in [5, 5.41) is 7.99. The summed E-state index contributed by atoms with van der Waals surface area (Å²) in [7, 11) is 0. The van der Waals surface area contributed by atoms with Gasteiger partial charge in [0.1, 0.15) is 17.6 Å². The molecule has 1 amide bonds. The number of furan rings is 1. The van der Waals surface area contributed by atoms with E-state index in [1.54, 1.807) is 24.4 Å². The van der Waals surface area contributed by atoms with Crippen molar-refractivity contribution in [1.82, 2.24) is 10.3 Å². The van der Waals surface area contributed by atoms with Crippen LogP contribution >= 0.6 is 47.0 Å². The summed E-state index contributed by atoms with van der Waals surface area (Å²) in [5.41, 5.74) is 2.75. The largest absolute Gasteiger partial charge is 0.459 e. The zero-order chi connectivity index (χ0) is 27.0. The second-order valence-corrected chi connectivity index (χ2v) is 10.7. The molecule has 1 saturated heterocycles. The standard InChI is InChI=1S/C28H23Cl3N4O2S/c1-15(2)27(36)33-20-10-9-16(14-19(20)30)35-26(25(34-28(35)38)21-8-3-4-13-32-21)23-12-11-22(37-23)17-6-5-7-18(29)24(17)31/h3-15,25-26H,1-2H3,(H,33,36)(H,34,38)/t25-,26-/m0/s1. The van der Waals surface area contributed by atoms with Crippen LogP contribution < -0.4 is 15.5 Å². The highest BCUT2D eigenvalue weighted by molar-refractivity contribution is 7.80. The normalized spacial score (nSPS) is 17.1. The van der Waals surface area contributed by atoms with E-state index in [0.717, 1.165) is 11.4 Å². The zero-order valence-electron chi connectivity index (χ0n) is 20.4. The molecule has 0 radical (unpaired) electrons. The van der Waals surface area contributed by atoms with Crippen LogP contribution in [0.15, 0.2) is 77.3 Å². The first-order valence-electron chi connectivity index (χ1n) is 11.9. The third-order valence-electron chi connectivity index (χ3n) is 6.25. The van der Waals surface area contributed by atoms with E-state index < -0.39 is 6.04 Å². The third kappa shape index (κ3) is 5.12. The van der Waals surface area contributed by atoms with Gasteiger partial charge in [-0.15, -0.1) is 0 Å². The number of nitrogens with zero attached hydrogens (tertiary/aromatic N) is 2. The van der Waals surface area contributed by atoms with Crippen LogP contribution in [0.1, 0.15) is 37.4 Å². The topological polar surface area (TPSA) is 70.4 Å². The Hall–Kier alpha value is -3.10. The molecule has 3 heterocycles. The minimum absolute atomic E-state index is 0.117. The number of nitrogens with one attached hydrogen (secondary N) is 2. The molecule has 38 heavy (non-hydrogen) atoms. The zero-order valence-corrected chi connectivity index (χ0v) is 23.5. The molecule has 194 valence electrons. The minimum Gasteiger partial charge on any atom is -0.459 e. The minimum atomic E-state index is -0.392. The lowest BCUT2D eigenvalue weighted by Crippen LogP contribution is -2.29. The monoisotopic (exact) mass is 584 g/mol. The van der Waals surface area contributed by atoms with E-state index in [4.69, 9.17) is 51.4 Å². The van der Waals surface area contributed by atoms with Crippen LogP contribution in [0.3, 0.4) is 0 Å². The van der Waals surface area contributed by atoms with Crippen LogP contribution in [0.2, 0.25) is 15.1 Å². The molecular formula is C28H23Cl3N4O2S. The number of amides is 1. The van der Waals surface area contributed by atoms with Gasteiger partial charge in [-0.2, -0.15) is 0 Å². The molecule has 0 aliphatic carbocycles. The van der Waals surface area contributed by atoms with Crippen LogP contribution in [0.5, 0.6) is 0 Å². The van der Waals surface area contributed by atoms with E-state index in [-0.39, 0.29) is 17.9 Å². The van der Waals surface area contributed by atoms with Crippen molar-refractivity contribution in [3.05, 3.63) is 99.4 Å². The van der Waals surface area contributed by atoms with Crippen LogP contribution in [0.25, 0.3) is 11.3 Å². The fraction of sp³-hybridized carbons (Fsp3) is 0.179. The lowest BCUT2D eigenvalue weighted by atomic mass is 10.0. The van der Waals surface area contributed by atoms with E-state index in [9.17, 15) is 4.79 Å². The van der Waals surface area contributed by atoms with Crippen LogP contribution in [-0.2, 0) is 4.79 Å². The molecule has 5 rings (SSSR count). The highest BCUT2D eigenvalue weighted by atomic mass is 35.5. The maximum Gasteiger partial charge on any atom is 0.226 e. The molecule has 0 bridgehead atoms. The van der Waals surface area contributed by atoms with Crippen molar-refractivity contribution in [3.63, 3.8) is 0 Å². The van der Waals surface area contributed by atoms with Crippen molar-refractivity contribution >= 4 is 69.4 Å². The van der Waals surface area contributed by atoms with E-state index in [0.29, 0.717) is 43.0 Å². The number of anilines is 2. The average Bonchev–Trinajstić information content (AvgIpc) is 3.52. The quantitative estimate of drug-likeness (QED) is 0.223. The van der Waals surface area contributed by atoms with Gasteiger partial charge < -0.3 is 20.0 Å². The van der Waals surface area contributed by atoms with Gasteiger partial charge in [-0.25, -0.2) is 0 Å². The van der Waals surface area contributed by atoms with Gasteiger partial charge in [-0.3, -0.25) is 9.78 Å². The van der Waals surface area contributed by atoms with E-state index in [1.807, 2.05) is 67.3 Å². The molecular weight excluding hydrogens is 563 g/mol. The Morgan fingerprint density at radius 3 is 2.58 bits per heavy atom. The molecule has 0 unspecified atom stereocenters. The molecule has 2 aromatic heterocycles. The van der Waals surface area contributed by atoms with Gasteiger partial charge in [-0.05, 0) is 66.8 Å². The fourth-order valence-electron chi connectivity index (χ4n) is 4.30. The van der Waals surface area contributed by atoms with Gasteiger partial charge in [-0.1, -0.05) is 60.8 Å². The number of carbonyl (C=O) groups excluding carboxylic acids is 1. The summed E-state index contributed by atoms with van der Waals surface area (Å²) < 4.78 is 6.37. The second-order valence-electron chi connectivity index (χ2n) is 9.11. The predicted octanol–water partition coefficient (Wildman–Crippen LogP) is 8.07. The van der Waals surface area contributed by atoms with E-state index >= 15 is 0 Å². The lowest BCUT2D eigenvalue weighted by Gasteiger charge is -2.26. The Balaban J connectivity index is 1.56. The number of hydrogen-bond donors (Lipinski definition) is 2. The molecule has 2 N–H and O–H groups in total. The third-order valence-corrected chi connectivity index (χ3v) is 7.69. The summed E-state index contributed by atoms with van der Waals surface area (Å²) in [4.78, 5) is 18.7. The first-order valence-corrected chi connectivity index (χ1v) is 13.4. The Morgan fingerprint density at radius 2 is 1.87 bits per heavy atom. The molecule has 1 aliphatic heterocycles. The Bertz CT molecular complexity index is 1510. The average molecular weight is 586 g/mol. The molecule has 10 heteroatoms. The van der Waals surface area contributed by atoms with Crippen LogP contribution in [-0.4, -0.2) is 16.0 Å². The molecule has 4 aromatic rings. The van der Waals surface area contributed by atoms with Crippen molar-refractivity contribution in [3.8, 4) is 11.3 Å². The highest BCUT2D eigenvalue weighted by Gasteiger charge is 2.42. The molecule has 0 saturated carbocycles. The summed E-state index contributed by atoms with van der Waals surface area (Å²) >= 11 is 25.1. The van der Waals surface area contributed by atoms with Gasteiger partial charge in [0.05, 0.1) is 32.5 Å². The Kier molecular flexibility index (Phi) is 7.63. The number of aromatic nitrogens is 1. The number of benzene rings is 2. The molecule has 0 spiro atoms. The summed E-state index contributed by atoms with van der Waals surface area (Å²) in [6.07, 6.45) is 1.74. The second kappa shape index (κ2) is 10.9. The molecule has 2 atom stereocenters. The van der Waals surface area contributed by atoms with Crippen molar-refractivity contribution < 1.29 is 9.21 Å². The first-order chi connectivity index (χ1) is 18.2. The van der Waals surface area contributed by atoms with Gasteiger partial charge in [0.15, 0.2) is 5.11 Å². The summed E-state index contributed by atoms with van der Waals surface area (Å²) in [5.74, 6) is 0.932. The van der Waals surface area contributed by atoms with Gasteiger partial charge in [0, 0.05) is 23.4 Å². The SMILES string of the molecule is CC(C)C(=O)Nc1ccc(N2C(=S)N[C@@H](c3ccccn3)[C@@H]2c2ccc(-c3cccc(Cl)c3Cl)o2)cc1Cl. The first kappa shape index (κ1) is 26.5. The van der Waals surface area contributed by atoms with E-state index in [1.165, 1.54) is 0 Å². The molecule has 1 fully saturated rings. The maximum atomic E-state index is 12.2. The van der Waals surface area contributed by atoms with Gasteiger partial charge in [0.2, 0.25) is 5.91 Å². The van der Waals surface area contributed by atoms with Crippen LogP contribution in [0.4, 0.5) is 11.4 Å². The van der Waals surface area contributed by atoms with Crippen molar-refractivity contribution in [2.24, 2.45) is 5.92 Å². The Labute approximate surface area is 240 Å². The smallest absolute Gasteiger partial charge is 0.226 e. The fourth-order valence-corrected chi connectivity index (χ4v) is 5.27. The lowest BCUT2D eigenvalue weighted by molar-refractivity contribution is -0.118. The van der Waals surface area contributed by atoms with E-state index in [2.05, 4.69) is 15.6 Å². The molecule has 2 aromatic carbocycles. The number of hydrogen-bond acceptors (Lipinski definition) is 4. The van der Waals surface area contributed by atoms with Crippen molar-refractivity contribution in [2.45, 2.75) is 25.9 Å². The number of halogens is 3.